The molecular formula is C19H21N7S2. The van der Waals surface area contributed by atoms with Crippen molar-refractivity contribution in [2.75, 3.05) is 5.75 Å². The second-order valence-electron chi connectivity index (χ2n) is 6.33. The van der Waals surface area contributed by atoms with E-state index in [2.05, 4.69) is 41.6 Å². The van der Waals surface area contributed by atoms with E-state index in [9.17, 15) is 0 Å². The molecule has 0 bridgehead atoms. The van der Waals surface area contributed by atoms with Gasteiger partial charge in [-0.15, -0.1) is 31.7 Å². The van der Waals surface area contributed by atoms with Gasteiger partial charge >= 0.3 is 0 Å². The van der Waals surface area contributed by atoms with Crippen molar-refractivity contribution in [3.05, 3.63) is 47.8 Å². The van der Waals surface area contributed by atoms with E-state index in [1.165, 1.54) is 0 Å². The summed E-state index contributed by atoms with van der Waals surface area (Å²) in [4.78, 5) is 2.84. The molecule has 4 aromatic rings. The Balaban J connectivity index is 1.19. The van der Waals surface area contributed by atoms with Crippen molar-refractivity contribution in [1.82, 2.24) is 35.0 Å². The second-order valence-corrected chi connectivity index (χ2v) is 8.34. The Bertz CT molecular complexity index is 993. The maximum atomic E-state index is 4.45. The van der Waals surface area contributed by atoms with Crippen LogP contribution in [0.5, 0.6) is 0 Å². The van der Waals surface area contributed by atoms with Crippen LogP contribution in [-0.2, 0) is 13.6 Å². The lowest BCUT2D eigenvalue weighted by Crippen LogP contribution is -2.03. The van der Waals surface area contributed by atoms with Crippen molar-refractivity contribution < 1.29 is 0 Å². The third-order valence-electron chi connectivity index (χ3n) is 4.29. The van der Waals surface area contributed by atoms with E-state index in [1.807, 2.05) is 43.4 Å². The number of hydrogen-bond donors (Lipinski definition) is 0. The number of aromatic nitrogens is 7. The van der Waals surface area contributed by atoms with Crippen LogP contribution in [0.2, 0.25) is 0 Å². The van der Waals surface area contributed by atoms with Gasteiger partial charge in [-0.25, -0.2) is 0 Å². The number of tetrazole rings is 1. The fraction of sp³-hybridized carbons (Fsp3) is 0.316. The molecule has 0 amide bonds. The number of benzene rings is 1. The lowest BCUT2D eigenvalue weighted by atomic mass is 10.2. The summed E-state index contributed by atoms with van der Waals surface area (Å²) in [5.74, 6) is 2.64. The van der Waals surface area contributed by atoms with Crippen molar-refractivity contribution in [2.24, 2.45) is 7.05 Å². The molecule has 0 N–H and O–H groups in total. The highest BCUT2D eigenvalue weighted by Gasteiger charge is 2.11. The van der Waals surface area contributed by atoms with Crippen LogP contribution in [0.15, 0.2) is 53.0 Å². The molecule has 0 fully saturated rings. The molecule has 28 heavy (non-hydrogen) atoms. The normalized spacial score (nSPS) is 11.2. The van der Waals surface area contributed by atoms with Gasteiger partial charge in [-0.1, -0.05) is 54.6 Å². The third-order valence-corrected chi connectivity index (χ3v) is 6.27. The summed E-state index contributed by atoms with van der Waals surface area (Å²) < 4.78 is 2.07. The maximum absolute atomic E-state index is 4.45. The highest BCUT2D eigenvalue weighted by Crippen LogP contribution is 2.26. The summed E-state index contributed by atoms with van der Waals surface area (Å²) in [6.07, 6.45) is 3.27. The van der Waals surface area contributed by atoms with Crippen molar-refractivity contribution in [2.45, 2.75) is 31.0 Å². The van der Waals surface area contributed by atoms with Gasteiger partial charge in [0.25, 0.3) is 0 Å². The molecule has 0 aliphatic carbocycles. The predicted octanol–water partition coefficient (Wildman–Crippen LogP) is 4.16. The molecule has 3 aromatic heterocycles. The molecule has 9 heteroatoms. The zero-order valence-corrected chi connectivity index (χ0v) is 17.2. The van der Waals surface area contributed by atoms with Crippen LogP contribution in [0, 0.1) is 0 Å². The molecule has 0 aliphatic rings. The smallest absolute Gasteiger partial charge is 0.204 e. The number of thioether (sulfide) groups is 1. The van der Waals surface area contributed by atoms with Gasteiger partial charge in [-0.05, 0) is 29.5 Å². The Hall–Kier alpha value is -2.52. The van der Waals surface area contributed by atoms with E-state index < -0.39 is 0 Å². The zero-order valence-electron chi connectivity index (χ0n) is 15.6. The molecule has 7 nitrogen and oxygen atoms in total. The van der Waals surface area contributed by atoms with Crippen LogP contribution < -0.4 is 0 Å². The first kappa shape index (κ1) is 18.8. The summed E-state index contributed by atoms with van der Waals surface area (Å²) in [5, 5.41) is 24.4. The molecule has 1 aromatic carbocycles. The van der Waals surface area contributed by atoms with Crippen molar-refractivity contribution >= 4 is 23.1 Å². The third kappa shape index (κ3) is 4.48. The molecule has 0 saturated heterocycles. The van der Waals surface area contributed by atoms with Crippen molar-refractivity contribution in [1.29, 1.82) is 0 Å². The number of thiophene rings is 1. The average molecular weight is 412 g/mol. The minimum Gasteiger partial charge on any atom is -0.305 e. The van der Waals surface area contributed by atoms with Crippen LogP contribution in [-0.4, -0.2) is 40.7 Å². The van der Waals surface area contributed by atoms with E-state index in [4.69, 9.17) is 0 Å². The fourth-order valence-electron chi connectivity index (χ4n) is 2.80. The molecule has 0 saturated carbocycles. The monoisotopic (exact) mass is 411 g/mol. The number of nitrogens with zero attached hydrogens (tertiary/aromatic N) is 7. The van der Waals surface area contributed by atoms with Crippen LogP contribution >= 0.6 is 23.1 Å². The molecule has 4 rings (SSSR count). The van der Waals surface area contributed by atoms with Crippen molar-refractivity contribution in [3.63, 3.8) is 0 Å². The van der Waals surface area contributed by atoms with Gasteiger partial charge in [0.05, 0.1) is 11.4 Å². The Morgan fingerprint density at radius 3 is 2.68 bits per heavy atom. The van der Waals surface area contributed by atoms with Gasteiger partial charge in [-0.2, -0.15) is 4.80 Å². The Morgan fingerprint density at radius 1 is 0.964 bits per heavy atom. The molecule has 144 valence electrons. The van der Waals surface area contributed by atoms with Gasteiger partial charge in [0.15, 0.2) is 11.0 Å². The van der Waals surface area contributed by atoms with E-state index in [1.54, 1.807) is 27.9 Å². The lowest BCUT2D eigenvalue weighted by molar-refractivity contribution is 0.487. The summed E-state index contributed by atoms with van der Waals surface area (Å²) >= 11 is 3.44. The molecule has 0 aliphatic heterocycles. The SMILES string of the molecule is Cn1c(SCCCCCn2nnc(-c3ccccc3)n2)nnc1-c1cccs1. The van der Waals surface area contributed by atoms with Crippen LogP contribution in [0.3, 0.4) is 0 Å². The molecular weight excluding hydrogens is 390 g/mol. The lowest BCUT2D eigenvalue weighted by Gasteiger charge is -2.03. The average Bonchev–Trinajstić information content (AvgIpc) is 3.47. The van der Waals surface area contributed by atoms with Gasteiger partial charge in [0.2, 0.25) is 5.82 Å². The molecule has 0 atom stereocenters. The first-order valence-electron chi connectivity index (χ1n) is 9.20. The minimum atomic E-state index is 0.681. The van der Waals surface area contributed by atoms with Gasteiger partial charge < -0.3 is 4.57 Å². The van der Waals surface area contributed by atoms with E-state index in [-0.39, 0.29) is 0 Å². The van der Waals surface area contributed by atoms with Crippen molar-refractivity contribution in [3.8, 4) is 22.1 Å². The second kappa shape index (κ2) is 9.11. The van der Waals surface area contributed by atoms with Gasteiger partial charge in [0, 0.05) is 18.4 Å². The van der Waals surface area contributed by atoms with Crippen LogP contribution in [0.1, 0.15) is 19.3 Å². The maximum Gasteiger partial charge on any atom is 0.204 e. The Labute approximate surface area is 171 Å². The fourth-order valence-corrected chi connectivity index (χ4v) is 4.45. The summed E-state index contributed by atoms with van der Waals surface area (Å²) in [6.45, 7) is 0.789. The first-order chi connectivity index (χ1) is 13.8. The van der Waals surface area contributed by atoms with E-state index in [0.717, 1.165) is 53.0 Å². The molecule has 0 unspecified atom stereocenters. The highest BCUT2D eigenvalue weighted by molar-refractivity contribution is 7.99. The molecule has 0 spiro atoms. The van der Waals surface area contributed by atoms with Crippen LogP contribution in [0.25, 0.3) is 22.1 Å². The van der Waals surface area contributed by atoms with E-state index >= 15 is 0 Å². The minimum absolute atomic E-state index is 0.681. The van der Waals surface area contributed by atoms with Gasteiger partial charge in [0.1, 0.15) is 0 Å². The summed E-state index contributed by atoms with van der Waals surface area (Å²) in [7, 11) is 2.03. The molecule has 0 radical (unpaired) electrons. The number of rotatable bonds is 9. The number of aryl methyl sites for hydroxylation is 1. The molecule has 3 heterocycles. The zero-order chi connectivity index (χ0) is 19.2. The quantitative estimate of drug-likeness (QED) is 0.304. The van der Waals surface area contributed by atoms with Gasteiger partial charge in [-0.3, -0.25) is 0 Å². The standard InChI is InChI=1S/C19H21N7S2/c1-25-18(16-11-8-14-27-16)21-22-19(25)28-13-7-3-6-12-26-23-17(20-24-26)15-9-4-2-5-10-15/h2,4-5,8-11,14H,3,6-7,12-13H2,1H3. The van der Waals surface area contributed by atoms with E-state index in [0.29, 0.717) is 5.82 Å². The summed E-state index contributed by atoms with van der Waals surface area (Å²) in [5.41, 5.74) is 0.996. The number of unbranched alkanes of at least 4 members (excludes halogenated alkanes) is 2. The summed E-state index contributed by atoms with van der Waals surface area (Å²) in [6, 6.07) is 14.0. The largest absolute Gasteiger partial charge is 0.305 e. The Morgan fingerprint density at radius 2 is 1.86 bits per heavy atom. The highest BCUT2D eigenvalue weighted by atomic mass is 32.2. The number of hydrogen-bond acceptors (Lipinski definition) is 7. The topological polar surface area (TPSA) is 74.3 Å². The predicted molar refractivity (Wildman–Crippen MR) is 112 cm³/mol. The van der Waals surface area contributed by atoms with Crippen LogP contribution in [0.4, 0.5) is 0 Å². The Kier molecular flexibility index (Phi) is 6.13. The first-order valence-corrected chi connectivity index (χ1v) is 11.1.